The van der Waals surface area contributed by atoms with Gasteiger partial charge in [0.15, 0.2) is 11.9 Å². The molecular weight excluding hydrogens is 327 g/mol. The lowest BCUT2D eigenvalue weighted by Crippen LogP contribution is -2.29. The van der Waals surface area contributed by atoms with Crippen molar-refractivity contribution in [1.29, 1.82) is 0 Å². The number of ether oxygens (including phenoxy) is 1. The van der Waals surface area contributed by atoms with E-state index in [0.29, 0.717) is 13.0 Å². The van der Waals surface area contributed by atoms with Gasteiger partial charge in [-0.05, 0) is 37.1 Å². The van der Waals surface area contributed by atoms with Crippen LogP contribution in [0.2, 0.25) is 5.02 Å². The molecule has 9 heteroatoms. The first kappa shape index (κ1) is 20.1. The molecule has 7 nitrogen and oxygen atoms in total. The lowest BCUT2D eigenvalue weighted by atomic mass is 10.1. The second-order valence-corrected chi connectivity index (χ2v) is 4.97. The van der Waals surface area contributed by atoms with Crippen molar-refractivity contribution in [2.45, 2.75) is 26.4 Å². The van der Waals surface area contributed by atoms with Crippen LogP contribution in [0, 0.1) is 13.8 Å². The standard InChI is InChI=1S/C13H21ClN6O.ClH/c1-7-5-9(6-8(2)11(7)14)21-4-3-10(19-12(15)16)20-13(17)18;/h5-6,10H,3-4H2,1-2H3,(H4,15,16,19)(H4,17,18,20);1H. The van der Waals surface area contributed by atoms with E-state index in [9.17, 15) is 0 Å². The molecule has 0 bridgehead atoms. The number of benzene rings is 1. The van der Waals surface area contributed by atoms with Crippen LogP contribution in [0.1, 0.15) is 17.5 Å². The highest BCUT2D eigenvalue weighted by atomic mass is 35.5. The molecule has 0 unspecified atom stereocenters. The van der Waals surface area contributed by atoms with Crippen LogP contribution in [0.15, 0.2) is 22.1 Å². The molecule has 0 radical (unpaired) electrons. The Kier molecular flexibility index (Phi) is 8.44. The van der Waals surface area contributed by atoms with Crippen molar-refractivity contribution >= 4 is 35.9 Å². The van der Waals surface area contributed by atoms with Crippen molar-refractivity contribution in [3.05, 3.63) is 28.3 Å². The fourth-order valence-corrected chi connectivity index (χ4v) is 1.88. The highest BCUT2D eigenvalue weighted by Gasteiger charge is 2.08. The summed E-state index contributed by atoms with van der Waals surface area (Å²) < 4.78 is 5.66. The van der Waals surface area contributed by atoms with Gasteiger partial charge in [0.05, 0.1) is 6.61 Å². The second-order valence-electron chi connectivity index (χ2n) is 4.60. The lowest BCUT2D eigenvalue weighted by molar-refractivity contribution is 0.299. The summed E-state index contributed by atoms with van der Waals surface area (Å²) >= 11 is 6.10. The van der Waals surface area contributed by atoms with Crippen molar-refractivity contribution in [3.8, 4) is 5.75 Å². The molecule has 0 aliphatic rings. The minimum atomic E-state index is -0.561. The molecule has 0 heterocycles. The van der Waals surface area contributed by atoms with Crippen molar-refractivity contribution < 1.29 is 4.74 Å². The summed E-state index contributed by atoms with van der Waals surface area (Å²) in [5.74, 6) is 0.564. The molecule has 0 saturated heterocycles. The molecule has 0 aliphatic heterocycles. The van der Waals surface area contributed by atoms with Gasteiger partial charge < -0.3 is 27.7 Å². The number of hydrogen-bond acceptors (Lipinski definition) is 3. The summed E-state index contributed by atoms with van der Waals surface area (Å²) in [4.78, 5) is 7.84. The minimum Gasteiger partial charge on any atom is -0.493 e. The lowest BCUT2D eigenvalue weighted by Gasteiger charge is -2.12. The maximum absolute atomic E-state index is 6.10. The Labute approximate surface area is 141 Å². The first-order valence-corrected chi connectivity index (χ1v) is 6.74. The first-order chi connectivity index (χ1) is 9.79. The van der Waals surface area contributed by atoms with Gasteiger partial charge >= 0.3 is 0 Å². The zero-order chi connectivity index (χ0) is 16.0. The van der Waals surface area contributed by atoms with Crippen molar-refractivity contribution in [2.75, 3.05) is 6.61 Å². The van der Waals surface area contributed by atoms with Gasteiger partial charge in [0.1, 0.15) is 11.9 Å². The number of halogens is 2. The Morgan fingerprint density at radius 3 is 1.95 bits per heavy atom. The van der Waals surface area contributed by atoms with Crippen molar-refractivity contribution in [3.63, 3.8) is 0 Å². The topological polar surface area (TPSA) is 138 Å². The Hall–Kier alpha value is -1.86. The molecule has 0 aromatic heterocycles. The molecule has 0 atom stereocenters. The molecule has 0 amide bonds. The van der Waals surface area contributed by atoms with Crippen LogP contribution in [0.3, 0.4) is 0 Å². The Balaban J connectivity index is 0.00000441. The molecule has 0 saturated carbocycles. The van der Waals surface area contributed by atoms with Gasteiger partial charge in [-0.1, -0.05) is 11.6 Å². The molecule has 0 spiro atoms. The summed E-state index contributed by atoms with van der Waals surface area (Å²) in [6.07, 6.45) is -0.120. The van der Waals surface area contributed by atoms with Crippen LogP contribution in [0.5, 0.6) is 5.75 Å². The highest BCUT2D eigenvalue weighted by molar-refractivity contribution is 6.32. The van der Waals surface area contributed by atoms with Gasteiger partial charge in [0.25, 0.3) is 0 Å². The minimum absolute atomic E-state index is 0. The van der Waals surface area contributed by atoms with Crippen LogP contribution in [0.25, 0.3) is 0 Å². The Morgan fingerprint density at radius 2 is 1.55 bits per heavy atom. The van der Waals surface area contributed by atoms with Gasteiger partial charge in [0, 0.05) is 11.4 Å². The number of hydrogen-bond donors (Lipinski definition) is 4. The molecule has 1 aromatic rings. The summed E-state index contributed by atoms with van der Waals surface area (Å²) in [5.41, 5.74) is 23.2. The van der Waals surface area contributed by atoms with E-state index in [1.54, 1.807) is 0 Å². The number of guanidine groups is 2. The zero-order valence-electron chi connectivity index (χ0n) is 12.5. The molecule has 1 aromatic carbocycles. The second kappa shape index (κ2) is 9.22. The summed E-state index contributed by atoms with van der Waals surface area (Å²) in [7, 11) is 0. The predicted octanol–water partition coefficient (Wildman–Crippen LogP) is 1.02. The average molecular weight is 349 g/mol. The molecule has 0 fully saturated rings. The maximum atomic E-state index is 6.10. The molecule has 22 heavy (non-hydrogen) atoms. The van der Waals surface area contributed by atoms with Gasteiger partial charge in [-0.25, -0.2) is 9.98 Å². The molecule has 8 N–H and O–H groups in total. The number of nitrogens with zero attached hydrogens (tertiary/aromatic N) is 2. The first-order valence-electron chi connectivity index (χ1n) is 6.36. The van der Waals surface area contributed by atoms with Crippen LogP contribution in [0.4, 0.5) is 0 Å². The van der Waals surface area contributed by atoms with Crippen LogP contribution < -0.4 is 27.7 Å². The van der Waals surface area contributed by atoms with Gasteiger partial charge in [-0.3, -0.25) is 0 Å². The fourth-order valence-electron chi connectivity index (χ4n) is 1.77. The van der Waals surface area contributed by atoms with E-state index in [1.165, 1.54) is 0 Å². The predicted molar refractivity (Wildman–Crippen MR) is 93.7 cm³/mol. The van der Waals surface area contributed by atoms with E-state index in [4.69, 9.17) is 39.3 Å². The maximum Gasteiger partial charge on any atom is 0.188 e. The SMILES string of the molecule is Cc1cc(OCCC(N=C(N)N)N=C(N)N)cc(C)c1Cl.Cl. The average Bonchev–Trinajstić information content (AvgIpc) is 2.34. The Bertz CT molecular complexity index is 512. The monoisotopic (exact) mass is 348 g/mol. The van der Waals surface area contributed by atoms with E-state index in [-0.39, 0.29) is 24.3 Å². The quantitative estimate of drug-likeness (QED) is 0.449. The van der Waals surface area contributed by atoms with E-state index in [2.05, 4.69) is 9.98 Å². The number of aliphatic imine (C=N–C) groups is 2. The third kappa shape index (κ3) is 6.73. The number of nitrogens with two attached hydrogens (primary N) is 4. The highest BCUT2D eigenvalue weighted by Crippen LogP contribution is 2.25. The van der Waals surface area contributed by atoms with E-state index < -0.39 is 6.17 Å². The third-order valence-electron chi connectivity index (χ3n) is 2.65. The molecule has 1 rings (SSSR count). The summed E-state index contributed by atoms with van der Waals surface area (Å²) in [6, 6.07) is 3.73. The van der Waals surface area contributed by atoms with Gasteiger partial charge in [0.2, 0.25) is 0 Å². The van der Waals surface area contributed by atoms with E-state index in [1.807, 2.05) is 26.0 Å². The Morgan fingerprint density at radius 1 is 1.09 bits per heavy atom. The van der Waals surface area contributed by atoms with E-state index >= 15 is 0 Å². The van der Waals surface area contributed by atoms with Crippen LogP contribution in [-0.2, 0) is 0 Å². The largest absolute Gasteiger partial charge is 0.493 e. The zero-order valence-corrected chi connectivity index (χ0v) is 14.1. The third-order valence-corrected chi connectivity index (χ3v) is 3.25. The van der Waals surface area contributed by atoms with Gasteiger partial charge in [-0.2, -0.15) is 0 Å². The van der Waals surface area contributed by atoms with Gasteiger partial charge in [-0.15, -0.1) is 12.4 Å². The summed E-state index contributed by atoms with van der Waals surface area (Å²) in [5, 5.41) is 0.737. The van der Waals surface area contributed by atoms with Crippen LogP contribution in [-0.4, -0.2) is 24.7 Å². The van der Waals surface area contributed by atoms with E-state index in [0.717, 1.165) is 21.9 Å². The fraction of sp³-hybridized carbons (Fsp3) is 0.385. The number of rotatable bonds is 6. The van der Waals surface area contributed by atoms with Crippen molar-refractivity contribution in [1.82, 2.24) is 0 Å². The smallest absolute Gasteiger partial charge is 0.188 e. The summed E-state index contributed by atoms with van der Waals surface area (Å²) in [6.45, 7) is 4.20. The molecule has 124 valence electrons. The molecular formula is C13H22Cl2N6O. The van der Waals surface area contributed by atoms with Crippen molar-refractivity contribution in [2.24, 2.45) is 32.9 Å². The number of aryl methyl sites for hydroxylation is 2. The molecule has 0 aliphatic carbocycles. The normalized spacial score (nSPS) is 9.82. The van der Waals surface area contributed by atoms with Crippen LogP contribution >= 0.6 is 24.0 Å².